The van der Waals surface area contributed by atoms with Crippen LogP contribution in [0.15, 0.2) is 24.3 Å². The van der Waals surface area contributed by atoms with Gasteiger partial charge in [-0.3, -0.25) is 14.5 Å². The molecule has 0 aromatic heterocycles. The SMILES string of the molecule is C=C(CC)CN1C(=O)C=CC1=O. The highest BCUT2D eigenvalue weighted by Crippen LogP contribution is 2.07. The third-order valence-electron chi connectivity index (χ3n) is 1.78. The van der Waals surface area contributed by atoms with Crippen molar-refractivity contribution in [3.8, 4) is 0 Å². The van der Waals surface area contributed by atoms with Crippen LogP contribution < -0.4 is 0 Å². The van der Waals surface area contributed by atoms with Gasteiger partial charge < -0.3 is 0 Å². The fourth-order valence-electron chi connectivity index (χ4n) is 0.922. The molecule has 0 aromatic carbocycles. The smallest absolute Gasteiger partial charge is 0.253 e. The third kappa shape index (κ3) is 1.61. The molecule has 0 saturated carbocycles. The molecule has 64 valence electrons. The minimum atomic E-state index is -0.241. The summed E-state index contributed by atoms with van der Waals surface area (Å²) < 4.78 is 0. The number of rotatable bonds is 3. The standard InChI is InChI=1S/C9H11NO2/c1-3-7(2)6-10-8(11)4-5-9(10)12/h4-5H,2-3,6H2,1H3. The van der Waals surface area contributed by atoms with Crippen LogP contribution in [0.25, 0.3) is 0 Å². The molecule has 0 aliphatic carbocycles. The zero-order valence-corrected chi connectivity index (χ0v) is 7.04. The van der Waals surface area contributed by atoms with Gasteiger partial charge in [0.25, 0.3) is 11.8 Å². The van der Waals surface area contributed by atoms with E-state index in [0.29, 0.717) is 6.54 Å². The van der Waals surface area contributed by atoms with E-state index in [0.717, 1.165) is 12.0 Å². The van der Waals surface area contributed by atoms with Gasteiger partial charge in [0.1, 0.15) is 0 Å². The maximum atomic E-state index is 11.0. The summed E-state index contributed by atoms with van der Waals surface area (Å²) >= 11 is 0. The Kier molecular flexibility index (Phi) is 2.43. The van der Waals surface area contributed by atoms with E-state index in [1.54, 1.807) is 0 Å². The Morgan fingerprint density at radius 2 is 1.92 bits per heavy atom. The molecule has 1 aliphatic rings. The molecular formula is C9H11NO2. The van der Waals surface area contributed by atoms with E-state index >= 15 is 0 Å². The molecule has 0 N–H and O–H groups in total. The molecule has 0 aromatic rings. The van der Waals surface area contributed by atoms with Crippen molar-refractivity contribution in [1.29, 1.82) is 0 Å². The van der Waals surface area contributed by atoms with Gasteiger partial charge in [-0.25, -0.2) is 0 Å². The Hall–Kier alpha value is -1.38. The van der Waals surface area contributed by atoms with Crippen molar-refractivity contribution < 1.29 is 9.59 Å². The molecule has 0 atom stereocenters. The summed E-state index contributed by atoms with van der Waals surface area (Å²) in [5.41, 5.74) is 0.889. The van der Waals surface area contributed by atoms with Gasteiger partial charge in [0.05, 0.1) is 0 Å². The number of imide groups is 1. The van der Waals surface area contributed by atoms with Crippen LogP contribution in [0.3, 0.4) is 0 Å². The maximum absolute atomic E-state index is 11.0. The van der Waals surface area contributed by atoms with Crippen LogP contribution in [0.5, 0.6) is 0 Å². The number of amides is 2. The van der Waals surface area contributed by atoms with Crippen LogP contribution >= 0.6 is 0 Å². The summed E-state index contributed by atoms with van der Waals surface area (Å²) in [6, 6.07) is 0. The lowest BCUT2D eigenvalue weighted by atomic mass is 10.2. The van der Waals surface area contributed by atoms with Crippen LogP contribution in [0, 0.1) is 0 Å². The highest BCUT2D eigenvalue weighted by molar-refractivity contribution is 6.13. The second-order valence-electron chi connectivity index (χ2n) is 2.70. The fraction of sp³-hybridized carbons (Fsp3) is 0.333. The topological polar surface area (TPSA) is 37.4 Å². The Morgan fingerprint density at radius 3 is 2.33 bits per heavy atom. The Balaban J connectivity index is 2.59. The lowest BCUT2D eigenvalue weighted by molar-refractivity contribution is -0.136. The maximum Gasteiger partial charge on any atom is 0.253 e. The van der Waals surface area contributed by atoms with Crippen molar-refractivity contribution in [2.75, 3.05) is 6.54 Å². The molecule has 0 saturated heterocycles. The van der Waals surface area contributed by atoms with Crippen LogP contribution in [0.4, 0.5) is 0 Å². The predicted octanol–water partition coefficient (Wildman–Crippen LogP) is 0.878. The van der Waals surface area contributed by atoms with Crippen molar-refractivity contribution in [2.45, 2.75) is 13.3 Å². The van der Waals surface area contributed by atoms with E-state index in [4.69, 9.17) is 0 Å². The van der Waals surface area contributed by atoms with Gasteiger partial charge in [-0.1, -0.05) is 19.1 Å². The summed E-state index contributed by atoms with van der Waals surface area (Å²) in [6.07, 6.45) is 3.35. The summed E-state index contributed by atoms with van der Waals surface area (Å²) in [5.74, 6) is -0.482. The van der Waals surface area contributed by atoms with Crippen LogP contribution in [-0.4, -0.2) is 23.3 Å². The number of hydrogen-bond donors (Lipinski definition) is 0. The Labute approximate surface area is 71.4 Å². The van der Waals surface area contributed by atoms with E-state index in [1.807, 2.05) is 6.92 Å². The summed E-state index contributed by atoms with van der Waals surface area (Å²) in [5, 5.41) is 0. The molecule has 3 nitrogen and oxygen atoms in total. The highest BCUT2D eigenvalue weighted by atomic mass is 16.2. The monoisotopic (exact) mass is 165 g/mol. The van der Waals surface area contributed by atoms with Crippen LogP contribution in [0.1, 0.15) is 13.3 Å². The summed E-state index contributed by atoms with van der Waals surface area (Å²) in [6.45, 7) is 6.03. The molecule has 1 heterocycles. The van der Waals surface area contributed by atoms with E-state index in [9.17, 15) is 9.59 Å². The third-order valence-corrected chi connectivity index (χ3v) is 1.78. The van der Waals surface area contributed by atoms with Crippen molar-refractivity contribution >= 4 is 11.8 Å². The molecule has 12 heavy (non-hydrogen) atoms. The van der Waals surface area contributed by atoms with Crippen LogP contribution in [0.2, 0.25) is 0 Å². The first kappa shape index (κ1) is 8.71. The van der Waals surface area contributed by atoms with Gasteiger partial charge >= 0.3 is 0 Å². The molecule has 0 spiro atoms. The molecule has 0 bridgehead atoms. The van der Waals surface area contributed by atoms with E-state index in [2.05, 4.69) is 6.58 Å². The number of carbonyl (C=O) groups excluding carboxylic acids is 2. The largest absolute Gasteiger partial charge is 0.271 e. The first-order chi connectivity index (χ1) is 5.65. The molecular weight excluding hydrogens is 154 g/mol. The van der Waals surface area contributed by atoms with Gasteiger partial charge in [0, 0.05) is 18.7 Å². The highest BCUT2D eigenvalue weighted by Gasteiger charge is 2.22. The molecule has 3 heteroatoms. The number of nitrogens with zero attached hydrogens (tertiary/aromatic N) is 1. The number of carbonyl (C=O) groups is 2. The van der Waals surface area contributed by atoms with E-state index in [-0.39, 0.29) is 11.8 Å². The quantitative estimate of drug-likeness (QED) is 0.460. The first-order valence-electron chi connectivity index (χ1n) is 3.85. The molecule has 1 aliphatic heterocycles. The summed E-state index contributed by atoms with van der Waals surface area (Å²) in [7, 11) is 0. The first-order valence-corrected chi connectivity index (χ1v) is 3.85. The molecule has 2 amide bonds. The van der Waals surface area contributed by atoms with Gasteiger partial charge in [-0.2, -0.15) is 0 Å². The number of hydrogen-bond acceptors (Lipinski definition) is 2. The molecule has 0 unspecified atom stereocenters. The molecule has 0 fully saturated rings. The van der Waals surface area contributed by atoms with Gasteiger partial charge in [0.2, 0.25) is 0 Å². The fourth-order valence-corrected chi connectivity index (χ4v) is 0.922. The van der Waals surface area contributed by atoms with Crippen molar-refractivity contribution in [2.24, 2.45) is 0 Å². The lowest BCUT2D eigenvalue weighted by Crippen LogP contribution is -2.31. The average Bonchev–Trinajstić information content (AvgIpc) is 2.35. The zero-order valence-electron chi connectivity index (χ0n) is 7.04. The Bertz CT molecular complexity index is 248. The minimum Gasteiger partial charge on any atom is -0.271 e. The van der Waals surface area contributed by atoms with Crippen LogP contribution in [-0.2, 0) is 9.59 Å². The van der Waals surface area contributed by atoms with Crippen molar-refractivity contribution in [3.63, 3.8) is 0 Å². The Morgan fingerprint density at radius 1 is 1.42 bits per heavy atom. The van der Waals surface area contributed by atoms with E-state index < -0.39 is 0 Å². The lowest BCUT2D eigenvalue weighted by Gasteiger charge is -2.13. The van der Waals surface area contributed by atoms with E-state index in [1.165, 1.54) is 17.1 Å². The van der Waals surface area contributed by atoms with Gasteiger partial charge in [-0.15, -0.1) is 0 Å². The zero-order chi connectivity index (χ0) is 9.14. The second-order valence-corrected chi connectivity index (χ2v) is 2.70. The summed E-state index contributed by atoms with van der Waals surface area (Å²) in [4.78, 5) is 23.2. The average molecular weight is 165 g/mol. The molecule has 0 radical (unpaired) electrons. The predicted molar refractivity (Wildman–Crippen MR) is 45.3 cm³/mol. The molecule has 1 rings (SSSR count). The van der Waals surface area contributed by atoms with Gasteiger partial charge in [-0.05, 0) is 6.42 Å². The minimum absolute atomic E-state index is 0.241. The van der Waals surface area contributed by atoms with Crippen molar-refractivity contribution in [1.82, 2.24) is 4.90 Å². The van der Waals surface area contributed by atoms with Crippen molar-refractivity contribution in [3.05, 3.63) is 24.3 Å². The normalized spacial score (nSPS) is 15.9. The van der Waals surface area contributed by atoms with Gasteiger partial charge in [0.15, 0.2) is 0 Å². The second kappa shape index (κ2) is 3.34.